The van der Waals surface area contributed by atoms with E-state index in [0.29, 0.717) is 0 Å². The van der Waals surface area contributed by atoms with Crippen LogP contribution in [0, 0.1) is 0 Å². The fourth-order valence-corrected chi connectivity index (χ4v) is 14.5. The second kappa shape index (κ2) is 21.0. The van der Waals surface area contributed by atoms with Crippen molar-refractivity contribution in [3.63, 3.8) is 0 Å². The van der Waals surface area contributed by atoms with Crippen molar-refractivity contribution in [2.75, 3.05) is 0 Å². The summed E-state index contributed by atoms with van der Waals surface area (Å²) in [7, 11) is 0. The second-order valence-electron chi connectivity index (χ2n) is 23.7. The van der Waals surface area contributed by atoms with Gasteiger partial charge in [0.25, 0.3) is 0 Å². The second-order valence-corrected chi connectivity index (χ2v) is 23.7. The van der Waals surface area contributed by atoms with Crippen LogP contribution in [-0.4, -0.2) is 0 Å². The van der Waals surface area contributed by atoms with Crippen LogP contribution in [0.2, 0.25) is 0 Å². The average Bonchev–Trinajstić information content (AvgIpc) is 1.38. The molecule has 0 saturated heterocycles. The monoisotopic (exact) mass is 1140 g/mol. The number of hydrogen-bond donors (Lipinski definition) is 0. The molecule has 0 fully saturated rings. The van der Waals surface area contributed by atoms with E-state index in [1.165, 1.54) is 93.2 Å². The van der Waals surface area contributed by atoms with Gasteiger partial charge in [0.1, 0.15) is 22.3 Å². The number of fused-ring (bicyclic) bond motifs is 10. The zero-order valence-corrected chi connectivity index (χ0v) is 49.0. The minimum absolute atomic E-state index is 0.859. The van der Waals surface area contributed by atoms with E-state index in [0.717, 1.165) is 93.9 Å². The molecule has 18 rings (SSSR count). The molecule has 16 aromatic carbocycles. The topological polar surface area (TPSA) is 26.3 Å². The quantitative estimate of drug-likeness (QED) is 0.135. The number of rotatable bonds is 9. The smallest absolute Gasteiger partial charge is 0.143 e. The van der Waals surface area contributed by atoms with Crippen molar-refractivity contribution in [2.45, 2.75) is 0 Å². The van der Waals surface area contributed by atoms with Crippen LogP contribution in [0.25, 0.3) is 187 Å². The fraction of sp³-hybridized carbons (Fsp3) is 0. The largest absolute Gasteiger partial charge is 0.456 e. The first kappa shape index (κ1) is 51.4. The van der Waals surface area contributed by atoms with Crippen molar-refractivity contribution < 1.29 is 8.83 Å². The SMILES string of the molecule is c1ccc(-c2ccc(-c3c4ccccc4c(-c4cccc5oc6ccc(-c7ccccc7)cc6c45)c4cc(-c5ccc(-c6cc(-c7ccccc7)c7oc8ccc(-c9c%10ccccc%10c(-c%10ccccc%10)c%10ccccc9%10)cc8c7c6)cc5)ccc34)cc2)cc1. The molecule has 2 aromatic heterocycles. The molecule has 0 N–H and O–H groups in total. The van der Waals surface area contributed by atoms with Crippen LogP contribution in [0.5, 0.6) is 0 Å². The van der Waals surface area contributed by atoms with E-state index in [1.54, 1.807) is 0 Å². The van der Waals surface area contributed by atoms with E-state index in [9.17, 15) is 0 Å². The molecular weight excluding hydrogens is 1090 g/mol. The first-order chi connectivity index (χ1) is 44.6. The molecule has 90 heavy (non-hydrogen) atoms. The van der Waals surface area contributed by atoms with Gasteiger partial charge in [-0.2, -0.15) is 0 Å². The van der Waals surface area contributed by atoms with Gasteiger partial charge >= 0.3 is 0 Å². The van der Waals surface area contributed by atoms with Gasteiger partial charge in [0.2, 0.25) is 0 Å². The molecule has 2 heteroatoms. The number of benzene rings is 16. The highest BCUT2D eigenvalue weighted by Gasteiger charge is 2.24. The molecule has 418 valence electrons. The van der Waals surface area contributed by atoms with Gasteiger partial charge in [0.05, 0.1) is 0 Å². The Morgan fingerprint density at radius 3 is 1.10 bits per heavy atom. The third-order valence-electron chi connectivity index (χ3n) is 18.7. The zero-order valence-electron chi connectivity index (χ0n) is 49.0. The van der Waals surface area contributed by atoms with Crippen LogP contribution < -0.4 is 0 Å². The molecule has 0 aliphatic carbocycles. The molecule has 0 unspecified atom stereocenters. The fourth-order valence-electron chi connectivity index (χ4n) is 14.5. The lowest BCUT2D eigenvalue weighted by Crippen LogP contribution is -1.92. The van der Waals surface area contributed by atoms with Gasteiger partial charge in [-0.25, -0.2) is 0 Å². The van der Waals surface area contributed by atoms with Gasteiger partial charge in [-0.15, -0.1) is 0 Å². The van der Waals surface area contributed by atoms with Crippen LogP contribution in [-0.2, 0) is 0 Å². The van der Waals surface area contributed by atoms with E-state index in [2.05, 4.69) is 328 Å². The minimum Gasteiger partial charge on any atom is -0.456 e. The zero-order chi connectivity index (χ0) is 59.2. The maximum absolute atomic E-state index is 6.97. The van der Waals surface area contributed by atoms with Crippen molar-refractivity contribution in [1.29, 1.82) is 0 Å². The molecular formula is C88H54O2. The van der Waals surface area contributed by atoms with Gasteiger partial charge in [0, 0.05) is 27.1 Å². The Kier molecular flexibility index (Phi) is 12.0. The normalized spacial score (nSPS) is 11.8. The lowest BCUT2D eigenvalue weighted by Gasteiger charge is -2.19. The molecule has 0 aliphatic rings. The van der Waals surface area contributed by atoms with E-state index < -0.39 is 0 Å². The number of hydrogen-bond acceptors (Lipinski definition) is 2. The summed E-state index contributed by atoms with van der Waals surface area (Å²) in [5.41, 5.74) is 24.4. The molecule has 0 spiro atoms. The number of furan rings is 2. The third-order valence-corrected chi connectivity index (χ3v) is 18.7. The van der Waals surface area contributed by atoms with Gasteiger partial charge < -0.3 is 8.83 Å². The Hall–Kier alpha value is -11.8. The highest BCUT2D eigenvalue weighted by atomic mass is 16.3. The van der Waals surface area contributed by atoms with Crippen LogP contribution >= 0.6 is 0 Å². The summed E-state index contributed by atoms with van der Waals surface area (Å²) >= 11 is 0. The molecule has 18 aromatic rings. The highest BCUT2D eigenvalue weighted by Crippen LogP contribution is 2.50. The maximum Gasteiger partial charge on any atom is 0.143 e. The van der Waals surface area contributed by atoms with Gasteiger partial charge in [-0.3, -0.25) is 0 Å². The predicted octanol–water partition coefficient (Wildman–Crippen LogP) is 25.1. The van der Waals surface area contributed by atoms with Gasteiger partial charge in [-0.1, -0.05) is 279 Å². The van der Waals surface area contributed by atoms with Crippen molar-refractivity contribution in [3.8, 4) is 100 Å². The molecule has 0 radical (unpaired) electrons. The van der Waals surface area contributed by atoms with Crippen LogP contribution in [0.1, 0.15) is 0 Å². The Labute approximate surface area is 520 Å². The summed E-state index contributed by atoms with van der Waals surface area (Å²) in [6.45, 7) is 0. The van der Waals surface area contributed by atoms with Crippen molar-refractivity contribution in [3.05, 3.63) is 328 Å². The van der Waals surface area contributed by atoms with Crippen molar-refractivity contribution in [2.24, 2.45) is 0 Å². The van der Waals surface area contributed by atoms with Crippen molar-refractivity contribution >= 4 is 87.0 Å². The first-order valence-corrected chi connectivity index (χ1v) is 30.9. The van der Waals surface area contributed by atoms with Crippen LogP contribution in [0.3, 0.4) is 0 Å². The van der Waals surface area contributed by atoms with E-state index in [4.69, 9.17) is 8.83 Å². The van der Waals surface area contributed by atoms with Crippen LogP contribution in [0.15, 0.2) is 336 Å². The molecule has 2 heterocycles. The average molecular weight is 1140 g/mol. The Morgan fingerprint density at radius 2 is 0.522 bits per heavy atom. The minimum atomic E-state index is 0.859. The summed E-state index contributed by atoms with van der Waals surface area (Å²) in [5, 5.41) is 14.0. The summed E-state index contributed by atoms with van der Waals surface area (Å²) < 4.78 is 13.7. The molecule has 0 bridgehead atoms. The third kappa shape index (κ3) is 8.41. The summed E-state index contributed by atoms with van der Waals surface area (Å²) in [4.78, 5) is 0. The van der Waals surface area contributed by atoms with Crippen LogP contribution in [0.4, 0.5) is 0 Å². The molecule has 0 atom stereocenters. The predicted molar refractivity (Wildman–Crippen MR) is 380 cm³/mol. The lowest BCUT2D eigenvalue weighted by molar-refractivity contribution is 0.669. The molecule has 2 nitrogen and oxygen atoms in total. The highest BCUT2D eigenvalue weighted by molar-refractivity contribution is 6.27. The molecule has 0 saturated carbocycles. The van der Waals surface area contributed by atoms with E-state index >= 15 is 0 Å². The van der Waals surface area contributed by atoms with Gasteiger partial charge in [0.15, 0.2) is 0 Å². The lowest BCUT2D eigenvalue weighted by atomic mass is 9.83. The summed E-state index contributed by atoms with van der Waals surface area (Å²) in [5.74, 6) is 0. The van der Waals surface area contributed by atoms with Gasteiger partial charge in [-0.05, 0) is 186 Å². The Balaban J connectivity index is 0.807. The van der Waals surface area contributed by atoms with E-state index in [-0.39, 0.29) is 0 Å². The molecule has 0 amide bonds. The van der Waals surface area contributed by atoms with E-state index in [1.807, 2.05) is 0 Å². The summed E-state index contributed by atoms with van der Waals surface area (Å²) in [6.07, 6.45) is 0. The molecule has 0 aliphatic heterocycles. The summed E-state index contributed by atoms with van der Waals surface area (Å²) in [6, 6.07) is 119. The Bertz CT molecular complexity index is 5780. The van der Waals surface area contributed by atoms with Crippen molar-refractivity contribution in [1.82, 2.24) is 0 Å². The first-order valence-electron chi connectivity index (χ1n) is 30.9. The standard InChI is InChI=1S/C88H54O2/c1-5-20-55(21-6-1)57-40-42-62(43-41-57)84-71-32-17-18-33-72(71)86(74-34-19-35-82-87(74)79-51-64(45-48-81(79)89-82)56-22-7-2-8-23-56)77-50-63(44-47-73(77)84)58-36-38-59(39-37-58)66-53-75(60-24-9-3-10-25-60)88-78(54-66)76-52-65(46-49-80(76)90-88)85-69-30-15-13-28-67(69)83(61-26-11-4-12-27-61)68-29-14-16-31-70(68)85/h1-54H. The Morgan fingerprint density at radius 1 is 0.156 bits per heavy atom. The maximum atomic E-state index is 6.97.